The molecule has 0 aromatic rings. The minimum absolute atomic E-state index is 0.216. The van der Waals surface area contributed by atoms with Crippen molar-refractivity contribution in [2.45, 2.75) is 70.5 Å². The smallest absolute Gasteiger partial charge is 0.108 e. The quantitative estimate of drug-likeness (QED) is 0.508. The van der Waals surface area contributed by atoms with Crippen LogP contribution < -0.4 is 11.1 Å². The monoisotopic (exact) mass is 228 g/mol. The molecule has 0 heterocycles. The molecular weight excluding hydrogens is 199 g/mol. The van der Waals surface area contributed by atoms with Crippen molar-refractivity contribution >= 4 is 7.85 Å². The predicted molar refractivity (Wildman–Crippen MR) is 73.6 cm³/mol. The Balaban J connectivity index is 3.84. The van der Waals surface area contributed by atoms with Crippen LogP contribution in [0, 0.1) is 0 Å². The highest BCUT2D eigenvalue weighted by Gasteiger charge is 2.15. The highest BCUT2D eigenvalue weighted by atomic mass is 16.3. The van der Waals surface area contributed by atoms with Gasteiger partial charge in [0.2, 0.25) is 0 Å². The molecule has 3 nitrogen and oxygen atoms in total. The summed E-state index contributed by atoms with van der Waals surface area (Å²) in [5.41, 5.74) is 6.07. The Morgan fingerprint density at radius 3 is 2.38 bits per heavy atom. The van der Waals surface area contributed by atoms with E-state index in [2.05, 4.69) is 27.0 Å². The van der Waals surface area contributed by atoms with E-state index in [1.165, 1.54) is 0 Å². The van der Waals surface area contributed by atoms with E-state index in [1.54, 1.807) is 0 Å². The van der Waals surface area contributed by atoms with Crippen LogP contribution in [0.2, 0.25) is 5.82 Å². The fourth-order valence-corrected chi connectivity index (χ4v) is 1.80. The van der Waals surface area contributed by atoms with Gasteiger partial charge < -0.3 is 16.2 Å². The van der Waals surface area contributed by atoms with E-state index in [4.69, 9.17) is 5.73 Å². The summed E-state index contributed by atoms with van der Waals surface area (Å²) >= 11 is 0. The van der Waals surface area contributed by atoms with Crippen LogP contribution in [0.1, 0.15) is 46.5 Å². The number of nitrogens with one attached hydrogen (secondary N) is 1. The molecule has 3 unspecified atom stereocenters. The zero-order chi connectivity index (χ0) is 12.6. The lowest BCUT2D eigenvalue weighted by Gasteiger charge is -2.25. The van der Waals surface area contributed by atoms with Crippen LogP contribution in [0.15, 0.2) is 0 Å². The molecule has 4 heteroatoms. The highest BCUT2D eigenvalue weighted by Crippen LogP contribution is 2.11. The largest absolute Gasteiger partial charge is 0.394 e. The molecule has 0 saturated carbocycles. The molecule has 0 rings (SSSR count). The van der Waals surface area contributed by atoms with Gasteiger partial charge in [-0.15, -0.1) is 0 Å². The average Bonchev–Trinajstić information content (AvgIpc) is 2.26. The first-order valence-electron chi connectivity index (χ1n) is 6.69. The molecule has 0 aromatic heterocycles. The lowest BCUT2D eigenvalue weighted by atomic mass is 9.80. The van der Waals surface area contributed by atoms with Gasteiger partial charge in [-0.3, -0.25) is 0 Å². The molecule has 16 heavy (non-hydrogen) atoms. The summed E-state index contributed by atoms with van der Waals surface area (Å²) in [7, 11) is 2.08. The van der Waals surface area contributed by atoms with Crippen LogP contribution >= 0.6 is 0 Å². The highest BCUT2D eigenvalue weighted by molar-refractivity contribution is 6.12. The molecule has 0 aliphatic rings. The van der Waals surface area contributed by atoms with Crippen molar-refractivity contribution in [1.82, 2.24) is 5.32 Å². The molecular formula is C12H29BN2O. The van der Waals surface area contributed by atoms with Crippen LogP contribution in [0.4, 0.5) is 0 Å². The van der Waals surface area contributed by atoms with Crippen LogP contribution in [-0.4, -0.2) is 37.7 Å². The summed E-state index contributed by atoms with van der Waals surface area (Å²) in [6.07, 6.45) is 4.11. The van der Waals surface area contributed by atoms with Gasteiger partial charge in [-0.25, -0.2) is 0 Å². The molecule has 96 valence electrons. The van der Waals surface area contributed by atoms with Gasteiger partial charge in [-0.05, 0) is 38.5 Å². The molecule has 4 N–H and O–H groups in total. The summed E-state index contributed by atoms with van der Waals surface area (Å²) < 4.78 is 0. The van der Waals surface area contributed by atoms with E-state index in [-0.39, 0.29) is 12.1 Å². The Hall–Kier alpha value is -0.0551. The number of aliphatic hydroxyl groups excluding tert-OH is 1. The molecule has 0 saturated heterocycles. The van der Waals surface area contributed by atoms with Crippen LogP contribution in [0.25, 0.3) is 0 Å². The van der Waals surface area contributed by atoms with Gasteiger partial charge in [-0.2, -0.15) is 0 Å². The first-order valence-corrected chi connectivity index (χ1v) is 6.69. The summed E-state index contributed by atoms with van der Waals surface area (Å²) in [6, 6.07) is 0.679. The van der Waals surface area contributed by atoms with Gasteiger partial charge in [0.05, 0.1) is 0 Å². The van der Waals surface area contributed by atoms with E-state index < -0.39 is 0 Å². The van der Waals surface area contributed by atoms with Gasteiger partial charge in [0.25, 0.3) is 0 Å². The lowest BCUT2D eigenvalue weighted by Crippen LogP contribution is -2.45. The second-order valence-electron chi connectivity index (χ2n) is 4.93. The predicted octanol–water partition coefficient (Wildman–Crippen LogP) is 0.675. The van der Waals surface area contributed by atoms with Gasteiger partial charge in [0.15, 0.2) is 0 Å². The Labute approximate surface area is 102 Å². The zero-order valence-electron chi connectivity index (χ0n) is 11.4. The second kappa shape index (κ2) is 9.02. The first kappa shape index (κ1) is 15.9. The third-order valence-electron chi connectivity index (χ3n) is 3.42. The summed E-state index contributed by atoms with van der Waals surface area (Å²) in [5.74, 6) is 0.354. The van der Waals surface area contributed by atoms with Crippen molar-refractivity contribution in [3.05, 3.63) is 0 Å². The fraction of sp³-hybridized carbons (Fsp3) is 1.00. The van der Waals surface area contributed by atoms with E-state index in [9.17, 15) is 5.11 Å². The molecule has 0 bridgehead atoms. The molecule has 0 aliphatic heterocycles. The normalized spacial score (nSPS) is 19.1. The number of aliphatic hydroxyl groups is 1. The van der Waals surface area contributed by atoms with Crippen molar-refractivity contribution in [3.8, 4) is 0 Å². The maximum absolute atomic E-state index is 9.39. The van der Waals surface area contributed by atoms with Crippen molar-refractivity contribution < 1.29 is 5.11 Å². The maximum Gasteiger partial charge on any atom is 0.108 e. The molecule has 0 fully saturated rings. The minimum atomic E-state index is -0.216. The summed E-state index contributed by atoms with van der Waals surface area (Å²) in [6.45, 7) is 7.12. The van der Waals surface area contributed by atoms with Gasteiger partial charge in [0, 0.05) is 18.2 Å². The van der Waals surface area contributed by atoms with Crippen LogP contribution in [0.3, 0.4) is 0 Å². The summed E-state index contributed by atoms with van der Waals surface area (Å²) in [4.78, 5) is 0. The van der Waals surface area contributed by atoms with E-state index in [0.29, 0.717) is 11.9 Å². The molecule has 0 aromatic carbocycles. The second-order valence-corrected chi connectivity index (χ2v) is 4.93. The topological polar surface area (TPSA) is 58.3 Å². The minimum Gasteiger partial charge on any atom is -0.394 e. The number of nitrogens with two attached hydrogens (primary N) is 1. The molecule has 0 amide bonds. The Morgan fingerprint density at radius 1 is 1.31 bits per heavy atom. The average molecular weight is 228 g/mol. The molecule has 0 spiro atoms. The number of rotatable bonds is 9. The van der Waals surface area contributed by atoms with Gasteiger partial charge in [-0.1, -0.05) is 20.3 Å². The standard InChI is InChI=1S/C12H29BN2O/c1-4-6-12(11(14)5-2)15-8-7-10(13)9(3)16/h9-12,15-16H,4-8,13-14H2,1-3H3/t9?,10-,11?,12?/m1/s1. The third kappa shape index (κ3) is 6.51. The zero-order valence-corrected chi connectivity index (χ0v) is 11.4. The number of hydrogen-bond donors (Lipinski definition) is 3. The molecule has 0 aliphatic carbocycles. The van der Waals surface area contributed by atoms with Crippen LogP contribution in [0.5, 0.6) is 0 Å². The first-order chi connectivity index (χ1) is 7.52. The van der Waals surface area contributed by atoms with E-state index in [0.717, 1.165) is 32.2 Å². The molecule has 4 atom stereocenters. The van der Waals surface area contributed by atoms with Gasteiger partial charge in [0.1, 0.15) is 7.85 Å². The third-order valence-corrected chi connectivity index (χ3v) is 3.42. The lowest BCUT2D eigenvalue weighted by molar-refractivity contribution is 0.181. The van der Waals surface area contributed by atoms with Crippen molar-refractivity contribution in [2.24, 2.45) is 5.73 Å². The maximum atomic E-state index is 9.39. The van der Waals surface area contributed by atoms with Crippen molar-refractivity contribution in [2.75, 3.05) is 6.54 Å². The van der Waals surface area contributed by atoms with E-state index >= 15 is 0 Å². The van der Waals surface area contributed by atoms with Gasteiger partial charge >= 0.3 is 0 Å². The van der Waals surface area contributed by atoms with E-state index in [1.807, 2.05) is 6.92 Å². The Kier molecular flexibility index (Phi) is 8.99. The van der Waals surface area contributed by atoms with Crippen molar-refractivity contribution in [1.29, 1.82) is 0 Å². The van der Waals surface area contributed by atoms with Crippen LogP contribution in [-0.2, 0) is 0 Å². The Bertz CT molecular complexity index is 167. The fourth-order valence-electron chi connectivity index (χ4n) is 1.80. The SMILES string of the molecule is B[C@H](CCNC(CCC)C(N)CC)C(C)O. The summed E-state index contributed by atoms with van der Waals surface area (Å²) in [5, 5.41) is 12.9. The van der Waals surface area contributed by atoms with Crippen molar-refractivity contribution in [3.63, 3.8) is 0 Å². The Morgan fingerprint density at radius 2 is 1.94 bits per heavy atom. The number of hydrogen-bond acceptors (Lipinski definition) is 3. The molecule has 0 radical (unpaired) electrons.